The highest BCUT2D eigenvalue weighted by molar-refractivity contribution is 6.04. The van der Waals surface area contributed by atoms with Crippen LogP contribution in [0.5, 0.6) is 0 Å². The van der Waals surface area contributed by atoms with E-state index in [4.69, 9.17) is 8.83 Å². The minimum absolute atomic E-state index is 0.0649. The molecule has 2 heterocycles. The van der Waals surface area contributed by atoms with E-state index in [1.54, 1.807) is 42.5 Å². The van der Waals surface area contributed by atoms with Gasteiger partial charge in [-0.2, -0.15) is 0 Å². The average molecular weight is 450 g/mol. The second-order valence-electron chi connectivity index (χ2n) is 8.02. The maximum absolute atomic E-state index is 13.5. The number of carbonyl (C=O) groups excluding carboxylic acids is 3. The molecular weight excluding hydrogens is 422 g/mol. The summed E-state index contributed by atoms with van der Waals surface area (Å²) < 4.78 is 10.7. The predicted octanol–water partition coefficient (Wildman–Crippen LogP) is 3.83. The Hall–Kier alpha value is -3.81. The molecule has 172 valence electrons. The van der Waals surface area contributed by atoms with Crippen molar-refractivity contribution in [1.82, 2.24) is 10.6 Å². The van der Waals surface area contributed by atoms with Crippen molar-refractivity contribution in [2.24, 2.45) is 0 Å². The predicted molar refractivity (Wildman–Crippen MR) is 121 cm³/mol. The zero-order valence-electron chi connectivity index (χ0n) is 18.2. The zero-order valence-corrected chi connectivity index (χ0v) is 18.2. The molecule has 2 aromatic heterocycles. The number of amides is 3. The lowest BCUT2D eigenvalue weighted by Crippen LogP contribution is -2.49. The lowest BCUT2D eigenvalue weighted by Gasteiger charge is -2.32. The quantitative estimate of drug-likeness (QED) is 0.544. The van der Waals surface area contributed by atoms with Gasteiger partial charge in [0.2, 0.25) is 5.91 Å². The molecule has 0 saturated heterocycles. The number of nitrogens with one attached hydrogen (secondary N) is 2. The zero-order chi connectivity index (χ0) is 23.0. The highest BCUT2D eigenvalue weighted by Crippen LogP contribution is 2.29. The van der Waals surface area contributed by atoms with Gasteiger partial charge in [-0.1, -0.05) is 37.5 Å². The van der Waals surface area contributed by atoms with Crippen molar-refractivity contribution in [1.29, 1.82) is 0 Å². The number of furan rings is 2. The molecule has 0 radical (unpaired) electrons. The second-order valence-corrected chi connectivity index (χ2v) is 8.02. The summed E-state index contributed by atoms with van der Waals surface area (Å²) in [6.07, 6.45) is 7.98. The molecule has 3 amide bonds. The lowest BCUT2D eigenvalue weighted by atomic mass is 9.95. The summed E-state index contributed by atoms with van der Waals surface area (Å²) in [6.45, 7) is -0.317. The van der Waals surface area contributed by atoms with Gasteiger partial charge in [0.1, 0.15) is 5.76 Å². The van der Waals surface area contributed by atoms with Gasteiger partial charge >= 0.3 is 0 Å². The van der Waals surface area contributed by atoms with E-state index in [2.05, 4.69) is 10.6 Å². The Morgan fingerprint density at radius 1 is 0.909 bits per heavy atom. The molecule has 2 N–H and O–H groups in total. The summed E-state index contributed by atoms with van der Waals surface area (Å²) in [5.74, 6) is -0.833. The minimum atomic E-state index is -1.02. The smallest absolute Gasteiger partial charge is 0.287 e. The first-order valence-corrected chi connectivity index (χ1v) is 11.2. The molecule has 8 nitrogen and oxygen atoms in total. The SMILES string of the molecule is O=C(NCC(=O)N(c1ccccc1)C(C(=O)NC1CCCCC1)c1ccco1)c1ccco1. The number of benzene rings is 1. The Bertz CT molecular complexity index is 1040. The Kier molecular flexibility index (Phi) is 7.24. The molecule has 1 fully saturated rings. The number of nitrogens with zero attached hydrogens (tertiary/aromatic N) is 1. The second kappa shape index (κ2) is 10.7. The molecule has 1 aliphatic rings. The molecule has 3 aromatic rings. The van der Waals surface area contributed by atoms with Crippen LogP contribution in [0.15, 0.2) is 76.0 Å². The number of hydrogen-bond acceptors (Lipinski definition) is 5. The topological polar surface area (TPSA) is 105 Å². The van der Waals surface area contributed by atoms with Crippen molar-refractivity contribution in [3.05, 3.63) is 78.6 Å². The van der Waals surface area contributed by atoms with E-state index in [0.717, 1.165) is 32.1 Å². The molecule has 1 atom stereocenters. The van der Waals surface area contributed by atoms with E-state index in [0.29, 0.717) is 11.4 Å². The summed E-state index contributed by atoms with van der Waals surface area (Å²) >= 11 is 0. The van der Waals surface area contributed by atoms with E-state index in [1.165, 1.54) is 23.5 Å². The number of anilines is 1. The Morgan fingerprint density at radius 3 is 2.30 bits per heavy atom. The normalized spacial score (nSPS) is 14.9. The van der Waals surface area contributed by atoms with Crippen LogP contribution < -0.4 is 15.5 Å². The van der Waals surface area contributed by atoms with Crippen molar-refractivity contribution < 1.29 is 23.2 Å². The van der Waals surface area contributed by atoms with Crippen LogP contribution in [0.1, 0.15) is 54.5 Å². The van der Waals surface area contributed by atoms with Gasteiger partial charge in [0.05, 0.1) is 19.1 Å². The van der Waals surface area contributed by atoms with Gasteiger partial charge in [-0.3, -0.25) is 19.3 Å². The van der Waals surface area contributed by atoms with E-state index < -0.39 is 17.9 Å². The molecule has 4 rings (SSSR count). The fourth-order valence-electron chi connectivity index (χ4n) is 4.11. The van der Waals surface area contributed by atoms with Crippen LogP contribution in [-0.2, 0) is 9.59 Å². The van der Waals surface area contributed by atoms with Crippen molar-refractivity contribution >= 4 is 23.4 Å². The van der Waals surface area contributed by atoms with Crippen molar-refractivity contribution in [3.63, 3.8) is 0 Å². The van der Waals surface area contributed by atoms with Crippen LogP contribution in [-0.4, -0.2) is 30.3 Å². The maximum Gasteiger partial charge on any atom is 0.287 e. The van der Waals surface area contributed by atoms with Gasteiger partial charge in [-0.25, -0.2) is 0 Å². The van der Waals surface area contributed by atoms with Crippen LogP contribution in [0.2, 0.25) is 0 Å². The summed E-state index contributed by atoms with van der Waals surface area (Å²) in [6, 6.07) is 14.4. The van der Waals surface area contributed by atoms with Crippen molar-refractivity contribution in [2.75, 3.05) is 11.4 Å². The van der Waals surface area contributed by atoms with Crippen LogP contribution in [0.25, 0.3) is 0 Å². The molecular formula is C25H27N3O5. The summed E-state index contributed by atoms with van der Waals surface area (Å²) in [5.41, 5.74) is 0.523. The molecule has 1 unspecified atom stereocenters. The van der Waals surface area contributed by atoms with Crippen LogP contribution >= 0.6 is 0 Å². The van der Waals surface area contributed by atoms with Crippen molar-refractivity contribution in [2.45, 2.75) is 44.2 Å². The third kappa shape index (κ3) is 5.52. The molecule has 1 aromatic carbocycles. The van der Waals surface area contributed by atoms with Crippen LogP contribution in [0, 0.1) is 0 Å². The monoisotopic (exact) mass is 449 g/mol. The molecule has 0 aliphatic heterocycles. The van der Waals surface area contributed by atoms with Gasteiger partial charge in [0.15, 0.2) is 11.8 Å². The Balaban J connectivity index is 1.60. The summed E-state index contributed by atoms with van der Waals surface area (Å²) in [5, 5.41) is 5.67. The molecule has 0 spiro atoms. The first kappa shape index (κ1) is 22.4. The third-order valence-electron chi connectivity index (χ3n) is 5.72. The minimum Gasteiger partial charge on any atom is -0.467 e. The average Bonchev–Trinajstić information content (AvgIpc) is 3.56. The largest absolute Gasteiger partial charge is 0.467 e. The van der Waals surface area contributed by atoms with Gasteiger partial charge in [0.25, 0.3) is 11.8 Å². The number of para-hydroxylation sites is 1. The highest BCUT2D eigenvalue weighted by Gasteiger charge is 2.36. The standard InChI is InChI=1S/C25H27N3O5/c29-22(17-26-24(30)21-14-8-16-33-21)28(19-11-5-2-6-12-19)23(20-13-7-15-32-20)25(31)27-18-9-3-1-4-10-18/h2,5-8,11-16,18,23H,1,3-4,9-10,17H2,(H,26,30)(H,27,31). The molecule has 0 bridgehead atoms. The third-order valence-corrected chi connectivity index (χ3v) is 5.72. The van der Waals surface area contributed by atoms with Crippen molar-refractivity contribution in [3.8, 4) is 0 Å². The van der Waals surface area contributed by atoms with E-state index in [9.17, 15) is 14.4 Å². The fraction of sp³-hybridized carbons (Fsp3) is 0.320. The van der Waals surface area contributed by atoms with E-state index in [-0.39, 0.29) is 24.3 Å². The number of carbonyl (C=O) groups is 3. The highest BCUT2D eigenvalue weighted by atomic mass is 16.3. The summed E-state index contributed by atoms with van der Waals surface area (Å²) in [7, 11) is 0. The van der Waals surface area contributed by atoms with E-state index >= 15 is 0 Å². The fourth-order valence-corrected chi connectivity index (χ4v) is 4.11. The lowest BCUT2D eigenvalue weighted by molar-refractivity contribution is -0.127. The molecule has 33 heavy (non-hydrogen) atoms. The first-order valence-electron chi connectivity index (χ1n) is 11.2. The Labute approximate surface area is 191 Å². The van der Waals surface area contributed by atoms with E-state index in [1.807, 2.05) is 6.07 Å². The maximum atomic E-state index is 13.5. The van der Waals surface area contributed by atoms with Crippen LogP contribution in [0.4, 0.5) is 5.69 Å². The summed E-state index contributed by atoms with van der Waals surface area (Å²) in [4.78, 5) is 40.6. The molecule has 8 heteroatoms. The first-order chi connectivity index (χ1) is 16.1. The number of hydrogen-bond donors (Lipinski definition) is 2. The Morgan fingerprint density at radius 2 is 1.64 bits per heavy atom. The van der Waals surface area contributed by atoms with Gasteiger partial charge < -0.3 is 19.5 Å². The molecule has 1 aliphatic carbocycles. The van der Waals surface area contributed by atoms with Gasteiger partial charge in [0, 0.05) is 11.7 Å². The van der Waals surface area contributed by atoms with Gasteiger partial charge in [-0.15, -0.1) is 0 Å². The van der Waals surface area contributed by atoms with Gasteiger partial charge in [-0.05, 0) is 49.2 Å². The number of rotatable bonds is 8. The van der Waals surface area contributed by atoms with Crippen LogP contribution in [0.3, 0.4) is 0 Å². The molecule has 1 saturated carbocycles.